The molecule has 0 saturated heterocycles. The normalized spacial score (nSPS) is 11.2. The van der Waals surface area contributed by atoms with Crippen LogP contribution in [0.4, 0.5) is 0 Å². The van der Waals surface area contributed by atoms with Crippen molar-refractivity contribution in [2.24, 2.45) is 5.10 Å². The minimum Gasteiger partial charge on any atom is -0.277 e. The van der Waals surface area contributed by atoms with Gasteiger partial charge in [-0.15, -0.1) is 10.2 Å². The van der Waals surface area contributed by atoms with Crippen LogP contribution in [0.25, 0.3) is 0 Å². The minimum absolute atomic E-state index is 0.883. The summed E-state index contributed by atoms with van der Waals surface area (Å²) in [5, 5.41) is 18.0. The van der Waals surface area contributed by atoms with Gasteiger partial charge in [0.1, 0.15) is 12.7 Å². The molecule has 66 valence electrons. The summed E-state index contributed by atoms with van der Waals surface area (Å²) in [7, 11) is 0. The van der Waals surface area contributed by atoms with Crippen LogP contribution in [0.5, 0.6) is 0 Å². The largest absolute Gasteiger partial charge is 0.277 e. The SMILES string of the molecule is Cc1cn[nH]c1/C=N/n1cnnc1. The van der Waals surface area contributed by atoms with Crippen LogP contribution in [-0.2, 0) is 0 Å². The first kappa shape index (κ1) is 7.66. The molecule has 0 unspecified atom stereocenters. The molecule has 2 aromatic heterocycles. The van der Waals surface area contributed by atoms with Crippen molar-refractivity contribution in [3.63, 3.8) is 0 Å². The molecule has 0 saturated carbocycles. The van der Waals surface area contributed by atoms with Crippen molar-refractivity contribution in [2.45, 2.75) is 6.92 Å². The van der Waals surface area contributed by atoms with Gasteiger partial charge in [0.2, 0.25) is 0 Å². The van der Waals surface area contributed by atoms with Gasteiger partial charge in [-0.3, -0.25) is 5.10 Å². The van der Waals surface area contributed by atoms with E-state index in [9.17, 15) is 0 Å². The predicted molar refractivity (Wildman–Crippen MR) is 46.3 cm³/mol. The number of H-pyrrole nitrogens is 1. The third kappa shape index (κ3) is 1.61. The minimum atomic E-state index is 0.883. The lowest BCUT2D eigenvalue weighted by atomic mass is 10.3. The molecule has 0 aliphatic rings. The van der Waals surface area contributed by atoms with E-state index < -0.39 is 0 Å². The third-order valence-electron chi connectivity index (χ3n) is 1.59. The summed E-state index contributed by atoms with van der Waals surface area (Å²) in [4.78, 5) is 0. The fraction of sp³-hybridized carbons (Fsp3) is 0.143. The van der Waals surface area contributed by atoms with Crippen LogP contribution < -0.4 is 0 Å². The Bertz CT molecular complexity index is 398. The topological polar surface area (TPSA) is 71.8 Å². The fourth-order valence-corrected chi connectivity index (χ4v) is 0.866. The highest BCUT2D eigenvalue weighted by Crippen LogP contribution is 1.97. The van der Waals surface area contributed by atoms with E-state index in [1.165, 1.54) is 17.3 Å². The van der Waals surface area contributed by atoms with Gasteiger partial charge in [0, 0.05) is 0 Å². The van der Waals surface area contributed by atoms with Crippen molar-refractivity contribution in [2.75, 3.05) is 0 Å². The molecular weight excluding hydrogens is 168 g/mol. The lowest BCUT2D eigenvalue weighted by Crippen LogP contribution is -1.89. The summed E-state index contributed by atoms with van der Waals surface area (Å²) in [6, 6.07) is 0. The molecule has 0 radical (unpaired) electrons. The fourth-order valence-electron chi connectivity index (χ4n) is 0.866. The van der Waals surface area contributed by atoms with E-state index in [2.05, 4.69) is 25.5 Å². The third-order valence-corrected chi connectivity index (χ3v) is 1.59. The molecular formula is C7H8N6. The van der Waals surface area contributed by atoms with Gasteiger partial charge in [-0.05, 0) is 12.5 Å². The number of hydrogen-bond donors (Lipinski definition) is 1. The Balaban J connectivity index is 2.19. The molecule has 0 atom stereocenters. The zero-order valence-corrected chi connectivity index (χ0v) is 7.05. The molecule has 0 aliphatic heterocycles. The Morgan fingerprint density at radius 3 is 2.85 bits per heavy atom. The second kappa shape index (κ2) is 3.18. The average molecular weight is 176 g/mol. The van der Waals surface area contributed by atoms with Crippen LogP contribution in [0.2, 0.25) is 0 Å². The Kier molecular flexibility index (Phi) is 1.87. The van der Waals surface area contributed by atoms with Crippen molar-refractivity contribution in [1.29, 1.82) is 0 Å². The maximum atomic E-state index is 4.06. The van der Waals surface area contributed by atoms with Gasteiger partial charge in [-0.1, -0.05) is 0 Å². The van der Waals surface area contributed by atoms with Gasteiger partial charge in [0.25, 0.3) is 0 Å². The van der Waals surface area contributed by atoms with Crippen LogP contribution in [0, 0.1) is 6.92 Å². The van der Waals surface area contributed by atoms with Crippen LogP contribution >= 0.6 is 0 Å². The monoisotopic (exact) mass is 176 g/mol. The standard InChI is InChI=1S/C7H8N6/c1-6-2-8-12-7(6)3-11-13-4-9-10-5-13/h2-5H,1H3,(H,8,12)/b11-3+. The molecule has 13 heavy (non-hydrogen) atoms. The first-order valence-electron chi connectivity index (χ1n) is 3.75. The highest BCUT2D eigenvalue weighted by molar-refractivity contribution is 5.78. The number of aromatic nitrogens is 5. The van der Waals surface area contributed by atoms with Crippen LogP contribution in [0.1, 0.15) is 11.3 Å². The maximum Gasteiger partial charge on any atom is 0.141 e. The smallest absolute Gasteiger partial charge is 0.141 e. The summed E-state index contributed by atoms with van der Waals surface area (Å²) in [6.07, 6.45) is 6.45. The highest BCUT2D eigenvalue weighted by atomic mass is 15.4. The molecule has 2 aromatic rings. The zero-order valence-electron chi connectivity index (χ0n) is 7.05. The number of nitrogens with one attached hydrogen (secondary N) is 1. The molecule has 6 nitrogen and oxygen atoms in total. The van der Waals surface area contributed by atoms with Crippen molar-refractivity contribution in [1.82, 2.24) is 25.1 Å². The Morgan fingerprint density at radius 1 is 1.46 bits per heavy atom. The number of hydrogen-bond acceptors (Lipinski definition) is 4. The van der Waals surface area contributed by atoms with Crippen LogP contribution in [0.15, 0.2) is 24.0 Å². The summed E-state index contributed by atoms with van der Waals surface area (Å²) in [6.45, 7) is 1.96. The van der Waals surface area contributed by atoms with E-state index in [4.69, 9.17) is 0 Å². The summed E-state index contributed by atoms with van der Waals surface area (Å²) >= 11 is 0. The average Bonchev–Trinajstić information content (AvgIpc) is 2.72. The van der Waals surface area contributed by atoms with Crippen molar-refractivity contribution >= 4 is 6.21 Å². The first-order chi connectivity index (χ1) is 6.36. The second-order valence-electron chi connectivity index (χ2n) is 2.55. The maximum absolute atomic E-state index is 4.06. The molecule has 2 heterocycles. The molecule has 2 rings (SSSR count). The van der Waals surface area contributed by atoms with Gasteiger partial charge in [-0.25, -0.2) is 4.68 Å². The lowest BCUT2D eigenvalue weighted by Gasteiger charge is -1.88. The highest BCUT2D eigenvalue weighted by Gasteiger charge is 1.94. The summed E-state index contributed by atoms with van der Waals surface area (Å²) < 4.78 is 1.51. The molecule has 0 fully saturated rings. The quantitative estimate of drug-likeness (QED) is 0.664. The molecule has 0 amide bonds. The van der Waals surface area contributed by atoms with E-state index in [1.54, 1.807) is 12.4 Å². The molecule has 1 N–H and O–H groups in total. The number of aromatic amines is 1. The van der Waals surface area contributed by atoms with Crippen molar-refractivity contribution in [3.05, 3.63) is 30.1 Å². The van der Waals surface area contributed by atoms with E-state index in [0.29, 0.717) is 0 Å². The number of rotatable bonds is 2. The second-order valence-corrected chi connectivity index (χ2v) is 2.55. The Hall–Kier alpha value is -1.98. The number of aryl methyl sites for hydroxylation is 1. The van der Waals surface area contributed by atoms with Crippen LogP contribution in [0.3, 0.4) is 0 Å². The van der Waals surface area contributed by atoms with Crippen molar-refractivity contribution < 1.29 is 0 Å². The Morgan fingerprint density at radius 2 is 2.23 bits per heavy atom. The van der Waals surface area contributed by atoms with Crippen molar-refractivity contribution in [3.8, 4) is 0 Å². The molecule has 0 spiro atoms. The molecule has 6 heteroatoms. The van der Waals surface area contributed by atoms with Gasteiger partial charge in [0.05, 0.1) is 18.1 Å². The van der Waals surface area contributed by atoms with E-state index >= 15 is 0 Å². The molecule has 0 bridgehead atoms. The zero-order chi connectivity index (χ0) is 9.10. The van der Waals surface area contributed by atoms with E-state index in [0.717, 1.165) is 11.3 Å². The predicted octanol–water partition coefficient (Wildman–Crippen LogP) is 0.192. The first-order valence-corrected chi connectivity index (χ1v) is 3.75. The molecule has 0 aliphatic carbocycles. The van der Waals surface area contributed by atoms with Gasteiger partial charge < -0.3 is 0 Å². The summed E-state index contributed by atoms with van der Waals surface area (Å²) in [5.41, 5.74) is 1.94. The lowest BCUT2D eigenvalue weighted by molar-refractivity contribution is 0.876. The van der Waals surface area contributed by atoms with Gasteiger partial charge >= 0.3 is 0 Å². The Labute approximate surface area is 74.3 Å². The van der Waals surface area contributed by atoms with Crippen LogP contribution in [-0.4, -0.2) is 31.3 Å². The van der Waals surface area contributed by atoms with E-state index in [-0.39, 0.29) is 0 Å². The summed E-state index contributed by atoms with van der Waals surface area (Å²) in [5.74, 6) is 0. The molecule has 0 aromatic carbocycles. The van der Waals surface area contributed by atoms with E-state index in [1.807, 2.05) is 6.92 Å². The van der Waals surface area contributed by atoms with Gasteiger partial charge in [-0.2, -0.15) is 10.2 Å². The number of nitrogens with zero attached hydrogens (tertiary/aromatic N) is 5. The van der Waals surface area contributed by atoms with Gasteiger partial charge in [0.15, 0.2) is 0 Å².